The number of likely N-dealkylation sites (tertiary alicyclic amines) is 1. The summed E-state index contributed by atoms with van der Waals surface area (Å²) in [6, 6.07) is 0.294. The first-order valence-corrected chi connectivity index (χ1v) is 6.71. The monoisotopic (exact) mass is 257 g/mol. The largest absolute Gasteiger partial charge is 0.444 e. The van der Waals surface area contributed by atoms with Crippen molar-refractivity contribution < 1.29 is 9.53 Å². The minimum Gasteiger partial charge on any atom is -0.444 e. The van der Waals surface area contributed by atoms with E-state index in [4.69, 9.17) is 10.5 Å². The van der Waals surface area contributed by atoms with Gasteiger partial charge in [-0.2, -0.15) is 0 Å². The number of amides is 1. The molecule has 0 aromatic heterocycles. The molecule has 5 heteroatoms. The minimum absolute atomic E-state index is 0.189. The van der Waals surface area contributed by atoms with E-state index in [0.29, 0.717) is 12.6 Å². The molecule has 1 atom stereocenters. The first kappa shape index (κ1) is 15.2. The fraction of sp³-hybridized carbons (Fsp3) is 0.923. The summed E-state index contributed by atoms with van der Waals surface area (Å²) in [5.74, 6) is 0. The van der Waals surface area contributed by atoms with E-state index in [1.807, 2.05) is 25.7 Å². The van der Waals surface area contributed by atoms with Crippen LogP contribution in [-0.4, -0.2) is 60.8 Å². The van der Waals surface area contributed by atoms with E-state index in [1.165, 1.54) is 0 Å². The topological polar surface area (TPSA) is 58.8 Å². The Labute approximate surface area is 110 Å². The van der Waals surface area contributed by atoms with Gasteiger partial charge in [-0.3, -0.25) is 0 Å². The summed E-state index contributed by atoms with van der Waals surface area (Å²) in [5, 5.41) is 0. The lowest BCUT2D eigenvalue weighted by Crippen LogP contribution is -2.56. The number of ether oxygens (including phenoxy) is 1. The van der Waals surface area contributed by atoms with Crippen LogP contribution in [-0.2, 0) is 4.74 Å². The molecule has 106 valence electrons. The molecule has 2 N–H and O–H groups in total. The van der Waals surface area contributed by atoms with Crippen molar-refractivity contribution in [2.24, 2.45) is 5.73 Å². The van der Waals surface area contributed by atoms with Gasteiger partial charge in [0.05, 0.1) is 0 Å². The smallest absolute Gasteiger partial charge is 0.410 e. The minimum atomic E-state index is -0.414. The van der Waals surface area contributed by atoms with Crippen LogP contribution in [0.15, 0.2) is 0 Å². The van der Waals surface area contributed by atoms with Crippen LogP contribution in [0.4, 0.5) is 4.79 Å². The van der Waals surface area contributed by atoms with Crippen molar-refractivity contribution in [2.75, 3.05) is 33.2 Å². The van der Waals surface area contributed by atoms with Gasteiger partial charge in [0, 0.05) is 19.1 Å². The number of rotatable bonds is 5. The van der Waals surface area contributed by atoms with E-state index in [1.54, 1.807) is 0 Å². The van der Waals surface area contributed by atoms with Crippen LogP contribution in [0, 0.1) is 0 Å². The molecular formula is C13H27N3O2. The molecule has 1 fully saturated rings. The average Bonchev–Trinajstić information content (AvgIpc) is 2.18. The number of carbonyl (C=O) groups is 1. The lowest BCUT2D eigenvalue weighted by Gasteiger charge is -2.43. The Hall–Kier alpha value is -0.810. The second-order valence-electron chi connectivity index (χ2n) is 6.02. The number of likely N-dealkylation sites (N-methyl/N-ethyl adjacent to an activating group) is 1. The Morgan fingerprint density at radius 3 is 2.61 bits per heavy atom. The van der Waals surface area contributed by atoms with Gasteiger partial charge in [0.25, 0.3) is 0 Å². The van der Waals surface area contributed by atoms with Crippen molar-refractivity contribution >= 4 is 6.09 Å². The maximum Gasteiger partial charge on any atom is 0.410 e. The van der Waals surface area contributed by atoms with Gasteiger partial charge in [0.2, 0.25) is 0 Å². The molecule has 5 nitrogen and oxygen atoms in total. The molecule has 0 aromatic carbocycles. The van der Waals surface area contributed by atoms with Gasteiger partial charge >= 0.3 is 6.09 Å². The van der Waals surface area contributed by atoms with Crippen molar-refractivity contribution in [3.05, 3.63) is 0 Å². The summed E-state index contributed by atoms with van der Waals surface area (Å²) < 4.78 is 5.38. The van der Waals surface area contributed by atoms with Crippen molar-refractivity contribution in [2.45, 2.75) is 45.3 Å². The Balaban J connectivity index is 2.34. The highest BCUT2D eigenvalue weighted by atomic mass is 16.6. The molecule has 1 saturated heterocycles. The number of nitrogens with zero attached hydrogens (tertiary/aromatic N) is 2. The predicted octanol–water partition coefficient (Wildman–Crippen LogP) is 1.28. The predicted molar refractivity (Wildman–Crippen MR) is 72.5 cm³/mol. The fourth-order valence-electron chi connectivity index (χ4n) is 2.00. The highest BCUT2D eigenvalue weighted by Crippen LogP contribution is 2.21. The second kappa shape index (κ2) is 6.38. The normalized spacial score (nSPS) is 19.9. The summed E-state index contributed by atoms with van der Waals surface area (Å²) in [7, 11) is 2.07. The van der Waals surface area contributed by atoms with Crippen molar-refractivity contribution in [3.8, 4) is 0 Å². The summed E-state index contributed by atoms with van der Waals surface area (Å²) in [6.45, 7) is 9.09. The van der Waals surface area contributed by atoms with Crippen LogP contribution in [0.5, 0.6) is 0 Å². The molecule has 0 aromatic rings. The van der Waals surface area contributed by atoms with Crippen molar-refractivity contribution in [1.82, 2.24) is 9.80 Å². The third kappa shape index (κ3) is 4.82. The summed E-state index contributed by atoms with van der Waals surface area (Å²) >= 11 is 0. The zero-order chi connectivity index (χ0) is 13.8. The van der Waals surface area contributed by atoms with E-state index >= 15 is 0 Å². The number of hydrogen-bond donors (Lipinski definition) is 1. The van der Waals surface area contributed by atoms with Crippen LogP contribution >= 0.6 is 0 Å². The molecule has 1 rings (SSSR count). The van der Waals surface area contributed by atoms with E-state index in [0.717, 1.165) is 32.5 Å². The molecule has 0 radical (unpaired) electrons. The maximum atomic E-state index is 11.9. The zero-order valence-corrected chi connectivity index (χ0v) is 12.1. The molecule has 0 bridgehead atoms. The van der Waals surface area contributed by atoms with E-state index in [2.05, 4.69) is 11.9 Å². The fourth-order valence-corrected chi connectivity index (χ4v) is 2.00. The molecule has 1 heterocycles. The Morgan fingerprint density at radius 2 is 2.17 bits per heavy atom. The molecule has 0 spiro atoms. The number of hydrogen-bond acceptors (Lipinski definition) is 4. The Bertz CT molecular complexity index is 276. The molecule has 1 amide bonds. The van der Waals surface area contributed by atoms with Gasteiger partial charge in [-0.05, 0) is 53.8 Å². The lowest BCUT2D eigenvalue weighted by molar-refractivity contribution is -0.0105. The van der Waals surface area contributed by atoms with E-state index in [9.17, 15) is 4.79 Å². The molecular weight excluding hydrogens is 230 g/mol. The molecule has 18 heavy (non-hydrogen) atoms. The molecule has 0 saturated carbocycles. The van der Waals surface area contributed by atoms with Crippen LogP contribution < -0.4 is 5.73 Å². The molecule has 1 unspecified atom stereocenters. The summed E-state index contributed by atoms with van der Waals surface area (Å²) in [5.41, 5.74) is 5.07. The van der Waals surface area contributed by atoms with Gasteiger partial charge in [0.15, 0.2) is 0 Å². The van der Waals surface area contributed by atoms with Gasteiger partial charge in [-0.25, -0.2) is 4.79 Å². The van der Waals surface area contributed by atoms with Crippen LogP contribution in [0.2, 0.25) is 0 Å². The maximum absolute atomic E-state index is 11.9. The average molecular weight is 257 g/mol. The van der Waals surface area contributed by atoms with Crippen LogP contribution in [0.3, 0.4) is 0 Å². The Kier molecular flexibility index (Phi) is 5.41. The van der Waals surface area contributed by atoms with Crippen LogP contribution in [0.1, 0.15) is 33.6 Å². The highest BCUT2D eigenvalue weighted by molar-refractivity contribution is 5.69. The first-order chi connectivity index (χ1) is 8.33. The second-order valence-corrected chi connectivity index (χ2v) is 6.02. The Morgan fingerprint density at radius 1 is 1.50 bits per heavy atom. The van der Waals surface area contributed by atoms with E-state index < -0.39 is 5.60 Å². The first-order valence-electron chi connectivity index (χ1n) is 6.71. The standard InChI is InChI=1S/C13H27N3O2/c1-13(2,3)18-12(17)16-9-6-11(16)10-15(4)8-5-7-14/h11H,5-10,14H2,1-4H3. The highest BCUT2D eigenvalue weighted by Gasteiger charge is 2.35. The zero-order valence-electron chi connectivity index (χ0n) is 12.1. The van der Waals surface area contributed by atoms with Gasteiger partial charge in [0.1, 0.15) is 5.60 Å². The van der Waals surface area contributed by atoms with Gasteiger partial charge < -0.3 is 20.3 Å². The lowest BCUT2D eigenvalue weighted by atomic mass is 10.0. The third-order valence-electron chi connectivity index (χ3n) is 3.04. The number of nitrogens with two attached hydrogens (primary N) is 1. The number of carbonyl (C=O) groups excluding carboxylic acids is 1. The van der Waals surface area contributed by atoms with Gasteiger partial charge in [-0.1, -0.05) is 0 Å². The molecule has 0 aliphatic carbocycles. The van der Waals surface area contributed by atoms with Crippen LogP contribution in [0.25, 0.3) is 0 Å². The molecule has 1 aliphatic heterocycles. The summed E-state index contributed by atoms with van der Waals surface area (Å²) in [4.78, 5) is 16.0. The third-order valence-corrected chi connectivity index (χ3v) is 3.04. The van der Waals surface area contributed by atoms with Crippen molar-refractivity contribution in [3.63, 3.8) is 0 Å². The quantitative estimate of drug-likeness (QED) is 0.806. The molecule has 1 aliphatic rings. The summed E-state index contributed by atoms with van der Waals surface area (Å²) in [6.07, 6.45) is 1.87. The SMILES string of the molecule is CN(CCCN)CC1CCN1C(=O)OC(C)(C)C. The van der Waals surface area contributed by atoms with E-state index in [-0.39, 0.29) is 6.09 Å². The van der Waals surface area contributed by atoms with Crippen molar-refractivity contribution in [1.29, 1.82) is 0 Å². The van der Waals surface area contributed by atoms with Gasteiger partial charge in [-0.15, -0.1) is 0 Å².